The van der Waals surface area contributed by atoms with E-state index < -0.39 is 11.9 Å². The van der Waals surface area contributed by atoms with E-state index in [2.05, 4.69) is 31.8 Å². The summed E-state index contributed by atoms with van der Waals surface area (Å²) in [6.45, 7) is 3.67. The number of halogens is 2. The lowest BCUT2D eigenvalue weighted by atomic mass is 10.0. The molecule has 0 saturated heterocycles. The number of carbonyl (C=O) groups excluding carboxylic acids is 2. The lowest BCUT2D eigenvalue weighted by Crippen LogP contribution is -2.48. The molecule has 0 aliphatic rings. The standard InChI is InChI=1S/C21H23BrClN3O4/c1-12(2)19(25-20(27)13-5-7-15(23)8-6-13)21(28)26-24-11-14-9-16(22)18(30-4)10-17(14)29-3/h5-12,19H,1-4H3,(H,25,27)(H,26,28)/b24-11-. The highest BCUT2D eigenvalue weighted by Crippen LogP contribution is 2.31. The SMILES string of the molecule is COc1cc(OC)c(/C=N\NC(=O)C(NC(=O)c2ccc(Cl)cc2)C(C)C)cc1Br. The molecule has 2 aromatic rings. The Kier molecular flexibility index (Phi) is 8.68. The number of hydrogen-bond donors (Lipinski definition) is 2. The van der Waals surface area contributed by atoms with Crippen molar-refractivity contribution in [2.24, 2.45) is 11.0 Å². The maximum absolute atomic E-state index is 12.6. The number of hydrazone groups is 1. The molecule has 0 fully saturated rings. The van der Waals surface area contributed by atoms with Crippen molar-refractivity contribution in [3.8, 4) is 11.5 Å². The van der Waals surface area contributed by atoms with Crippen molar-refractivity contribution in [2.75, 3.05) is 14.2 Å². The van der Waals surface area contributed by atoms with Gasteiger partial charge in [0.05, 0.1) is 24.9 Å². The Balaban J connectivity index is 2.09. The molecular weight excluding hydrogens is 474 g/mol. The van der Waals surface area contributed by atoms with Crippen LogP contribution in [0.25, 0.3) is 0 Å². The Morgan fingerprint density at radius 1 is 1.10 bits per heavy atom. The Morgan fingerprint density at radius 2 is 1.73 bits per heavy atom. The minimum atomic E-state index is -0.769. The number of nitrogens with one attached hydrogen (secondary N) is 2. The molecule has 0 spiro atoms. The van der Waals surface area contributed by atoms with Crippen molar-refractivity contribution < 1.29 is 19.1 Å². The molecule has 2 aromatic carbocycles. The molecule has 0 heterocycles. The molecule has 7 nitrogen and oxygen atoms in total. The second-order valence-corrected chi connectivity index (χ2v) is 7.96. The molecule has 0 aliphatic carbocycles. The van der Waals surface area contributed by atoms with Gasteiger partial charge in [-0.25, -0.2) is 5.43 Å². The summed E-state index contributed by atoms with van der Waals surface area (Å²) in [6.07, 6.45) is 1.46. The van der Waals surface area contributed by atoms with E-state index in [1.165, 1.54) is 13.3 Å². The lowest BCUT2D eigenvalue weighted by molar-refractivity contribution is -0.123. The number of ether oxygens (including phenoxy) is 2. The van der Waals surface area contributed by atoms with Crippen molar-refractivity contribution in [3.05, 3.63) is 57.0 Å². The summed E-state index contributed by atoms with van der Waals surface area (Å²) >= 11 is 9.25. The molecule has 2 amide bonds. The Morgan fingerprint density at radius 3 is 2.30 bits per heavy atom. The Bertz CT molecular complexity index is 933. The van der Waals surface area contributed by atoms with Gasteiger partial charge in [0.15, 0.2) is 0 Å². The average Bonchev–Trinajstić information content (AvgIpc) is 2.72. The summed E-state index contributed by atoms with van der Waals surface area (Å²) < 4.78 is 11.3. The molecule has 1 unspecified atom stereocenters. The third kappa shape index (κ3) is 6.21. The molecule has 0 saturated carbocycles. The maximum atomic E-state index is 12.6. The summed E-state index contributed by atoms with van der Waals surface area (Å²) in [7, 11) is 3.08. The molecule has 0 radical (unpaired) electrons. The molecule has 0 bridgehead atoms. The molecule has 30 heavy (non-hydrogen) atoms. The number of carbonyl (C=O) groups is 2. The first-order valence-electron chi connectivity index (χ1n) is 9.07. The van der Waals surface area contributed by atoms with Gasteiger partial charge < -0.3 is 14.8 Å². The summed E-state index contributed by atoms with van der Waals surface area (Å²) in [5.74, 6) is 0.184. The smallest absolute Gasteiger partial charge is 0.262 e. The average molecular weight is 497 g/mol. The monoisotopic (exact) mass is 495 g/mol. The van der Waals surface area contributed by atoms with Crippen molar-refractivity contribution >= 4 is 45.6 Å². The van der Waals surface area contributed by atoms with E-state index in [0.29, 0.717) is 32.1 Å². The highest BCUT2D eigenvalue weighted by atomic mass is 79.9. The number of benzene rings is 2. The topological polar surface area (TPSA) is 89.0 Å². The fourth-order valence-corrected chi connectivity index (χ4v) is 3.23. The fraction of sp³-hybridized carbons (Fsp3) is 0.286. The molecule has 0 aliphatic heterocycles. The van der Waals surface area contributed by atoms with Gasteiger partial charge in [-0.1, -0.05) is 25.4 Å². The predicted molar refractivity (Wildman–Crippen MR) is 121 cm³/mol. The van der Waals surface area contributed by atoms with E-state index in [-0.39, 0.29) is 11.8 Å². The number of hydrogen-bond acceptors (Lipinski definition) is 5. The van der Waals surface area contributed by atoms with E-state index in [1.54, 1.807) is 43.5 Å². The molecule has 9 heteroatoms. The van der Waals surface area contributed by atoms with Gasteiger partial charge in [0, 0.05) is 22.2 Å². The zero-order valence-electron chi connectivity index (χ0n) is 17.0. The van der Waals surface area contributed by atoms with Crippen LogP contribution in [0.5, 0.6) is 11.5 Å². The first-order valence-corrected chi connectivity index (χ1v) is 10.2. The number of methoxy groups -OCH3 is 2. The summed E-state index contributed by atoms with van der Waals surface area (Å²) in [6, 6.07) is 9.12. The molecular formula is C21H23BrClN3O4. The Labute approximate surface area is 188 Å². The highest BCUT2D eigenvalue weighted by Gasteiger charge is 2.24. The van der Waals surface area contributed by atoms with Crippen LogP contribution in [0.4, 0.5) is 0 Å². The summed E-state index contributed by atoms with van der Waals surface area (Å²) in [4.78, 5) is 25.0. The zero-order chi connectivity index (χ0) is 22.3. The zero-order valence-corrected chi connectivity index (χ0v) is 19.4. The minimum absolute atomic E-state index is 0.152. The van der Waals surface area contributed by atoms with Crippen LogP contribution in [0.3, 0.4) is 0 Å². The minimum Gasteiger partial charge on any atom is -0.496 e. The second kappa shape index (κ2) is 11.0. The van der Waals surface area contributed by atoms with Gasteiger partial charge in [-0.2, -0.15) is 5.10 Å². The summed E-state index contributed by atoms with van der Waals surface area (Å²) in [5, 5.41) is 7.26. The van der Waals surface area contributed by atoms with Gasteiger partial charge in [0.2, 0.25) is 0 Å². The first-order chi connectivity index (χ1) is 14.3. The molecule has 160 valence electrons. The van der Waals surface area contributed by atoms with Crippen LogP contribution in [0.2, 0.25) is 5.02 Å². The van der Waals surface area contributed by atoms with Gasteiger partial charge >= 0.3 is 0 Å². The molecule has 2 N–H and O–H groups in total. The quantitative estimate of drug-likeness (QED) is 0.427. The Hall–Kier alpha value is -2.58. The third-order valence-corrected chi connectivity index (χ3v) is 5.10. The second-order valence-electron chi connectivity index (χ2n) is 6.67. The fourth-order valence-electron chi connectivity index (χ4n) is 2.58. The number of nitrogens with zero attached hydrogens (tertiary/aromatic N) is 1. The number of rotatable bonds is 8. The van der Waals surface area contributed by atoms with Gasteiger partial charge in [0.1, 0.15) is 17.5 Å². The van der Waals surface area contributed by atoms with Crippen LogP contribution in [-0.4, -0.2) is 38.3 Å². The normalized spacial score (nSPS) is 12.0. The van der Waals surface area contributed by atoms with Crippen LogP contribution in [0.1, 0.15) is 29.8 Å². The van der Waals surface area contributed by atoms with Gasteiger partial charge in [-0.05, 0) is 52.2 Å². The maximum Gasteiger partial charge on any atom is 0.262 e. The van der Waals surface area contributed by atoms with E-state index in [9.17, 15) is 9.59 Å². The predicted octanol–water partition coefficient (Wildman–Crippen LogP) is 4.02. The highest BCUT2D eigenvalue weighted by molar-refractivity contribution is 9.10. The van der Waals surface area contributed by atoms with E-state index in [4.69, 9.17) is 21.1 Å². The van der Waals surface area contributed by atoms with E-state index in [0.717, 1.165) is 0 Å². The van der Waals surface area contributed by atoms with Crippen LogP contribution < -0.4 is 20.2 Å². The van der Waals surface area contributed by atoms with Crippen LogP contribution in [0, 0.1) is 5.92 Å². The van der Waals surface area contributed by atoms with E-state index >= 15 is 0 Å². The molecule has 2 rings (SSSR count). The van der Waals surface area contributed by atoms with Crippen molar-refractivity contribution in [1.29, 1.82) is 0 Å². The van der Waals surface area contributed by atoms with Gasteiger partial charge in [-0.15, -0.1) is 0 Å². The van der Waals surface area contributed by atoms with Gasteiger partial charge in [0.25, 0.3) is 11.8 Å². The van der Waals surface area contributed by atoms with Gasteiger partial charge in [-0.3, -0.25) is 9.59 Å². The lowest BCUT2D eigenvalue weighted by Gasteiger charge is -2.20. The largest absolute Gasteiger partial charge is 0.496 e. The molecule has 1 atom stereocenters. The number of amides is 2. The van der Waals surface area contributed by atoms with Crippen molar-refractivity contribution in [1.82, 2.24) is 10.7 Å². The van der Waals surface area contributed by atoms with Crippen molar-refractivity contribution in [3.63, 3.8) is 0 Å². The van der Waals surface area contributed by atoms with Crippen molar-refractivity contribution in [2.45, 2.75) is 19.9 Å². The van der Waals surface area contributed by atoms with Crippen LogP contribution in [-0.2, 0) is 4.79 Å². The van der Waals surface area contributed by atoms with Crippen LogP contribution in [0.15, 0.2) is 46.0 Å². The molecule has 0 aromatic heterocycles. The third-order valence-electron chi connectivity index (χ3n) is 4.22. The summed E-state index contributed by atoms with van der Waals surface area (Å²) in [5.41, 5.74) is 3.52. The first kappa shape index (κ1) is 23.7. The van der Waals surface area contributed by atoms with Crippen LogP contribution >= 0.6 is 27.5 Å². The van der Waals surface area contributed by atoms with E-state index in [1.807, 2.05) is 13.8 Å².